The molecule has 0 aliphatic rings. The lowest BCUT2D eigenvalue weighted by Gasteiger charge is -2.15. The van der Waals surface area contributed by atoms with Crippen LogP contribution in [-0.4, -0.2) is 15.0 Å². The average molecular weight is 384 g/mol. The van der Waals surface area contributed by atoms with E-state index in [0.717, 1.165) is 11.5 Å². The van der Waals surface area contributed by atoms with E-state index in [2.05, 4.69) is 20.3 Å². The summed E-state index contributed by atoms with van der Waals surface area (Å²) in [6, 6.07) is 13.0. The third kappa shape index (κ3) is 3.66. The fraction of sp³-hybridized carbons (Fsp3) is 0.150. The molecule has 3 heterocycles. The highest BCUT2D eigenvalue weighted by molar-refractivity contribution is 5.77. The number of fused-ring (bicyclic) bond motifs is 1. The summed E-state index contributed by atoms with van der Waals surface area (Å²) in [5.74, 6) is 0.590. The third-order valence-electron chi connectivity index (χ3n) is 4.17. The summed E-state index contributed by atoms with van der Waals surface area (Å²) >= 11 is 0. The van der Waals surface area contributed by atoms with Crippen molar-refractivity contribution < 1.29 is 17.6 Å². The van der Waals surface area contributed by atoms with Gasteiger partial charge in [0.1, 0.15) is 17.2 Å². The van der Waals surface area contributed by atoms with Crippen LogP contribution in [0.5, 0.6) is 0 Å². The van der Waals surface area contributed by atoms with Crippen molar-refractivity contribution >= 4 is 16.8 Å². The van der Waals surface area contributed by atoms with Crippen LogP contribution in [0.15, 0.2) is 65.3 Å². The Morgan fingerprint density at radius 2 is 1.86 bits per heavy atom. The van der Waals surface area contributed by atoms with Gasteiger partial charge in [-0.3, -0.25) is 4.98 Å². The average Bonchev–Trinajstić information content (AvgIpc) is 3.12. The lowest BCUT2D eigenvalue weighted by atomic mass is 10.2. The molecule has 0 fully saturated rings. The van der Waals surface area contributed by atoms with Crippen LogP contribution in [0.2, 0.25) is 0 Å². The maximum absolute atomic E-state index is 13.3. The largest absolute Gasteiger partial charge is 0.459 e. The van der Waals surface area contributed by atoms with Crippen molar-refractivity contribution in [2.45, 2.75) is 19.1 Å². The molecule has 142 valence electrons. The molecule has 1 aromatic carbocycles. The van der Waals surface area contributed by atoms with Crippen molar-refractivity contribution in [3.8, 4) is 11.4 Å². The van der Waals surface area contributed by atoms with Gasteiger partial charge in [-0.25, -0.2) is 9.97 Å². The molecule has 0 unspecified atom stereocenters. The smallest absolute Gasteiger partial charge is 0.433 e. The first-order chi connectivity index (χ1) is 13.4. The Kier molecular flexibility index (Phi) is 4.46. The SMILES string of the molecule is C[C@@H](Nc1cc(C(F)(F)F)nc(-c2cccnc2)n1)c1cc2ccccc2o1. The highest BCUT2D eigenvalue weighted by Gasteiger charge is 2.34. The minimum Gasteiger partial charge on any atom is -0.459 e. The predicted molar refractivity (Wildman–Crippen MR) is 98.5 cm³/mol. The minimum atomic E-state index is -4.60. The monoisotopic (exact) mass is 384 g/mol. The maximum Gasteiger partial charge on any atom is 0.433 e. The van der Waals surface area contributed by atoms with E-state index in [4.69, 9.17) is 4.42 Å². The summed E-state index contributed by atoms with van der Waals surface area (Å²) in [4.78, 5) is 11.8. The van der Waals surface area contributed by atoms with Gasteiger partial charge in [-0.15, -0.1) is 0 Å². The van der Waals surface area contributed by atoms with Crippen LogP contribution in [0.4, 0.5) is 19.0 Å². The number of halogens is 3. The van der Waals surface area contributed by atoms with Crippen LogP contribution in [0.25, 0.3) is 22.4 Å². The molecule has 0 amide bonds. The second-order valence-electron chi connectivity index (χ2n) is 6.25. The molecule has 0 saturated carbocycles. The normalized spacial score (nSPS) is 12.9. The molecule has 1 N–H and O–H groups in total. The molecule has 0 spiro atoms. The van der Waals surface area contributed by atoms with E-state index in [1.54, 1.807) is 19.1 Å². The topological polar surface area (TPSA) is 63.8 Å². The summed E-state index contributed by atoms with van der Waals surface area (Å²) in [6.07, 6.45) is -1.65. The van der Waals surface area contributed by atoms with Crippen LogP contribution >= 0.6 is 0 Å². The van der Waals surface area contributed by atoms with Crippen molar-refractivity contribution in [2.75, 3.05) is 5.32 Å². The van der Waals surface area contributed by atoms with E-state index in [0.29, 0.717) is 16.9 Å². The zero-order valence-corrected chi connectivity index (χ0v) is 14.7. The number of aromatic nitrogens is 3. The second-order valence-corrected chi connectivity index (χ2v) is 6.25. The summed E-state index contributed by atoms with van der Waals surface area (Å²) in [6.45, 7) is 1.79. The number of rotatable bonds is 4. The fourth-order valence-corrected chi connectivity index (χ4v) is 2.80. The lowest BCUT2D eigenvalue weighted by Crippen LogP contribution is -2.13. The number of hydrogen-bond acceptors (Lipinski definition) is 5. The zero-order valence-electron chi connectivity index (χ0n) is 14.7. The number of anilines is 1. The molecule has 3 aromatic heterocycles. The molecule has 4 rings (SSSR count). The molecule has 4 aromatic rings. The molecule has 0 radical (unpaired) electrons. The molecule has 0 aliphatic heterocycles. The summed E-state index contributed by atoms with van der Waals surface area (Å²) < 4.78 is 45.7. The number of nitrogens with zero attached hydrogens (tertiary/aromatic N) is 3. The standard InChI is InChI=1S/C20H15F3N4O/c1-12(16-9-13-5-2-3-7-15(13)28-16)25-18-10-17(20(21,22)23)26-19(27-18)14-6-4-8-24-11-14/h2-12H,1H3,(H,25,26,27)/t12-/m1/s1. The van der Waals surface area contributed by atoms with Gasteiger partial charge in [0.05, 0.1) is 6.04 Å². The molecule has 28 heavy (non-hydrogen) atoms. The molecular weight excluding hydrogens is 369 g/mol. The number of pyridine rings is 1. The predicted octanol–water partition coefficient (Wildman–Crippen LogP) is 5.48. The summed E-state index contributed by atoms with van der Waals surface area (Å²) in [5, 5.41) is 3.89. The maximum atomic E-state index is 13.3. The van der Waals surface area contributed by atoms with E-state index in [-0.39, 0.29) is 11.6 Å². The molecule has 0 bridgehead atoms. The van der Waals surface area contributed by atoms with Gasteiger partial charge in [0.15, 0.2) is 11.5 Å². The Morgan fingerprint density at radius 3 is 2.57 bits per heavy atom. The van der Waals surface area contributed by atoms with Gasteiger partial charge in [-0.1, -0.05) is 18.2 Å². The zero-order chi connectivity index (χ0) is 19.7. The molecule has 0 aliphatic carbocycles. The van der Waals surface area contributed by atoms with Crippen LogP contribution in [-0.2, 0) is 6.18 Å². The molecule has 5 nitrogen and oxygen atoms in total. The Morgan fingerprint density at radius 1 is 1.04 bits per heavy atom. The number of furan rings is 1. The van der Waals surface area contributed by atoms with Crippen molar-refractivity contribution in [3.63, 3.8) is 0 Å². The van der Waals surface area contributed by atoms with Gasteiger partial charge in [0.2, 0.25) is 0 Å². The van der Waals surface area contributed by atoms with Crippen molar-refractivity contribution in [1.82, 2.24) is 15.0 Å². The first-order valence-corrected chi connectivity index (χ1v) is 8.52. The number of para-hydroxylation sites is 1. The van der Waals surface area contributed by atoms with Gasteiger partial charge in [-0.2, -0.15) is 13.2 Å². The molecule has 8 heteroatoms. The highest BCUT2D eigenvalue weighted by Crippen LogP contribution is 2.32. The van der Waals surface area contributed by atoms with Crippen LogP contribution in [0.1, 0.15) is 24.4 Å². The number of nitrogens with one attached hydrogen (secondary N) is 1. The summed E-state index contributed by atoms with van der Waals surface area (Å²) in [5.41, 5.74) is 0.0783. The van der Waals surface area contributed by atoms with Gasteiger partial charge >= 0.3 is 6.18 Å². The van der Waals surface area contributed by atoms with Gasteiger partial charge in [0, 0.05) is 29.4 Å². The van der Waals surface area contributed by atoms with Crippen LogP contribution < -0.4 is 5.32 Å². The summed E-state index contributed by atoms with van der Waals surface area (Å²) in [7, 11) is 0. The number of hydrogen-bond donors (Lipinski definition) is 1. The van der Waals surface area contributed by atoms with Crippen molar-refractivity contribution in [2.24, 2.45) is 0 Å². The van der Waals surface area contributed by atoms with E-state index in [1.165, 1.54) is 12.4 Å². The lowest BCUT2D eigenvalue weighted by molar-refractivity contribution is -0.141. The van der Waals surface area contributed by atoms with E-state index < -0.39 is 17.9 Å². The molecular formula is C20H15F3N4O. The molecule has 1 atom stereocenters. The van der Waals surface area contributed by atoms with Gasteiger partial charge in [0.25, 0.3) is 0 Å². The van der Waals surface area contributed by atoms with E-state index >= 15 is 0 Å². The Hall–Kier alpha value is -3.42. The Balaban J connectivity index is 1.69. The number of benzene rings is 1. The van der Waals surface area contributed by atoms with E-state index in [9.17, 15) is 13.2 Å². The van der Waals surface area contributed by atoms with Crippen molar-refractivity contribution in [1.29, 1.82) is 0 Å². The van der Waals surface area contributed by atoms with Crippen LogP contribution in [0, 0.1) is 0 Å². The molecule has 0 saturated heterocycles. The van der Waals surface area contributed by atoms with Crippen molar-refractivity contribution in [3.05, 3.63) is 72.4 Å². The first-order valence-electron chi connectivity index (χ1n) is 8.52. The highest BCUT2D eigenvalue weighted by atomic mass is 19.4. The van der Waals surface area contributed by atoms with Gasteiger partial charge < -0.3 is 9.73 Å². The number of alkyl halides is 3. The van der Waals surface area contributed by atoms with E-state index in [1.807, 2.05) is 30.3 Å². The Labute approximate surface area is 158 Å². The first kappa shape index (κ1) is 18.0. The fourth-order valence-electron chi connectivity index (χ4n) is 2.80. The minimum absolute atomic E-state index is 0.0501. The van der Waals surface area contributed by atoms with Crippen LogP contribution in [0.3, 0.4) is 0 Å². The second kappa shape index (κ2) is 6.95. The quantitative estimate of drug-likeness (QED) is 0.505. The van der Waals surface area contributed by atoms with Gasteiger partial charge in [-0.05, 0) is 31.2 Å². The Bertz CT molecular complexity index is 1080. The third-order valence-corrected chi connectivity index (χ3v) is 4.17.